The number of carbonyl (C=O) groups excluding carboxylic acids is 2. The van der Waals surface area contributed by atoms with Gasteiger partial charge in [0.05, 0.1) is 5.41 Å². The molecular formula is C17H20O2. The molecule has 0 aromatic rings. The van der Waals surface area contributed by atoms with E-state index < -0.39 is 5.41 Å². The van der Waals surface area contributed by atoms with E-state index in [0.717, 1.165) is 25.7 Å². The van der Waals surface area contributed by atoms with Crippen LogP contribution < -0.4 is 0 Å². The molecule has 0 amide bonds. The van der Waals surface area contributed by atoms with Crippen molar-refractivity contribution in [3.8, 4) is 0 Å². The molecule has 5 saturated carbocycles. The van der Waals surface area contributed by atoms with Crippen LogP contribution in [0.3, 0.4) is 0 Å². The van der Waals surface area contributed by atoms with E-state index in [1.807, 2.05) is 0 Å². The maximum absolute atomic E-state index is 13.1. The first-order chi connectivity index (χ1) is 9.22. The Morgan fingerprint density at radius 1 is 0.895 bits per heavy atom. The first-order valence-corrected chi connectivity index (χ1v) is 7.99. The Hall–Kier alpha value is -0.920. The number of ketones is 2. The van der Waals surface area contributed by atoms with Gasteiger partial charge in [-0.05, 0) is 49.4 Å². The van der Waals surface area contributed by atoms with Crippen molar-refractivity contribution in [2.45, 2.75) is 38.5 Å². The summed E-state index contributed by atoms with van der Waals surface area (Å²) in [7, 11) is 0. The molecule has 2 heteroatoms. The van der Waals surface area contributed by atoms with Crippen LogP contribution in [0.1, 0.15) is 38.5 Å². The zero-order valence-electron chi connectivity index (χ0n) is 11.2. The van der Waals surface area contributed by atoms with E-state index >= 15 is 0 Å². The summed E-state index contributed by atoms with van der Waals surface area (Å²) >= 11 is 0. The Kier molecular flexibility index (Phi) is 1.83. The van der Waals surface area contributed by atoms with Crippen molar-refractivity contribution in [1.29, 1.82) is 0 Å². The third-order valence-corrected chi connectivity index (χ3v) is 7.10. The predicted octanol–water partition coefficient (Wildman–Crippen LogP) is 2.77. The van der Waals surface area contributed by atoms with Crippen LogP contribution in [-0.4, -0.2) is 11.6 Å². The lowest BCUT2D eigenvalue weighted by Crippen LogP contribution is -2.50. The molecule has 0 saturated heterocycles. The van der Waals surface area contributed by atoms with Crippen LogP contribution >= 0.6 is 0 Å². The van der Waals surface area contributed by atoms with E-state index in [4.69, 9.17) is 0 Å². The maximum atomic E-state index is 13.1. The number of allylic oxidation sites excluding steroid dienone is 2. The standard InChI is InChI=1S/C17H20O2/c18-15-13-10-3-4-11(7-10)14(13)16(19)17(15)8-9-1-5-12(17)6-2-9/h3-4,9-14H,1-2,5-8H2/t9?,10-,11+,12?,13+,14-,17?. The Labute approximate surface area is 113 Å². The van der Waals surface area contributed by atoms with Gasteiger partial charge in [-0.15, -0.1) is 0 Å². The van der Waals surface area contributed by atoms with Gasteiger partial charge < -0.3 is 0 Å². The van der Waals surface area contributed by atoms with Crippen molar-refractivity contribution >= 4 is 11.6 Å². The minimum absolute atomic E-state index is 0.0712. The van der Waals surface area contributed by atoms with E-state index in [1.165, 1.54) is 12.8 Å². The topological polar surface area (TPSA) is 34.1 Å². The Bertz CT molecular complexity index is 479. The minimum Gasteiger partial charge on any atom is -0.298 e. The summed E-state index contributed by atoms with van der Waals surface area (Å²) in [5, 5.41) is 0. The van der Waals surface area contributed by atoms with Crippen LogP contribution in [0.2, 0.25) is 0 Å². The Balaban J connectivity index is 1.63. The Morgan fingerprint density at radius 3 is 1.95 bits per heavy atom. The minimum atomic E-state index is -0.514. The lowest BCUT2D eigenvalue weighted by Gasteiger charge is -2.48. The van der Waals surface area contributed by atoms with Gasteiger partial charge in [0.25, 0.3) is 0 Å². The normalized spacial score (nSPS) is 57.5. The summed E-state index contributed by atoms with van der Waals surface area (Å²) in [5.41, 5.74) is -0.514. The molecule has 1 unspecified atom stereocenters. The highest BCUT2D eigenvalue weighted by Gasteiger charge is 2.70. The summed E-state index contributed by atoms with van der Waals surface area (Å²) in [6, 6.07) is 0. The van der Waals surface area contributed by atoms with Gasteiger partial charge in [-0.1, -0.05) is 25.0 Å². The van der Waals surface area contributed by atoms with Crippen LogP contribution in [-0.2, 0) is 9.59 Å². The molecule has 5 atom stereocenters. The average molecular weight is 256 g/mol. The fraction of sp³-hybridized carbons (Fsp3) is 0.765. The molecule has 0 radical (unpaired) electrons. The van der Waals surface area contributed by atoms with Gasteiger partial charge >= 0.3 is 0 Å². The molecular weight excluding hydrogens is 236 g/mol. The zero-order chi connectivity index (χ0) is 12.8. The molecule has 6 rings (SSSR count). The summed E-state index contributed by atoms with van der Waals surface area (Å²) < 4.78 is 0. The fourth-order valence-electron chi connectivity index (χ4n) is 6.34. The largest absolute Gasteiger partial charge is 0.298 e. The highest BCUT2D eigenvalue weighted by Crippen LogP contribution is 2.65. The average Bonchev–Trinajstić information content (AvgIpc) is 3.11. The van der Waals surface area contributed by atoms with E-state index in [-0.39, 0.29) is 11.8 Å². The van der Waals surface area contributed by atoms with Crippen molar-refractivity contribution in [3.05, 3.63) is 12.2 Å². The van der Waals surface area contributed by atoms with E-state index in [9.17, 15) is 9.59 Å². The number of carbonyl (C=O) groups is 2. The van der Waals surface area contributed by atoms with E-state index in [0.29, 0.717) is 35.2 Å². The summed E-state index contributed by atoms with van der Waals surface area (Å²) in [5.74, 6) is 2.72. The molecule has 2 nitrogen and oxygen atoms in total. The zero-order valence-corrected chi connectivity index (χ0v) is 11.2. The van der Waals surface area contributed by atoms with Crippen molar-refractivity contribution in [1.82, 2.24) is 0 Å². The van der Waals surface area contributed by atoms with Crippen molar-refractivity contribution in [3.63, 3.8) is 0 Å². The van der Waals surface area contributed by atoms with Crippen LogP contribution in [0.15, 0.2) is 12.2 Å². The number of fused-ring (bicyclic) bond motifs is 7. The second kappa shape index (κ2) is 3.21. The Morgan fingerprint density at radius 2 is 1.47 bits per heavy atom. The van der Waals surface area contributed by atoms with Crippen molar-refractivity contribution in [2.75, 3.05) is 0 Å². The smallest absolute Gasteiger partial charge is 0.151 e. The summed E-state index contributed by atoms with van der Waals surface area (Å²) in [4.78, 5) is 26.2. The van der Waals surface area contributed by atoms with Crippen LogP contribution in [0.5, 0.6) is 0 Å². The number of Topliss-reactive ketones (excluding diaryl/α,β-unsaturated/α-hetero) is 2. The number of hydrogen-bond donors (Lipinski definition) is 0. The monoisotopic (exact) mass is 256 g/mol. The van der Waals surface area contributed by atoms with E-state index in [2.05, 4.69) is 12.2 Å². The molecule has 6 aliphatic rings. The third-order valence-electron chi connectivity index (χ3n) is 7.10. The lowest BCUT2D eigenvalue weighted by atomic mass is 9.53. The molecule has 6 aliphatic carbocycles. The van der Waals surface area contributed by atoms with Gasteiger partial charge in [-0.2, -0.15) is 0 Å². The third kappa shape index (κ3) is 1.04. The highest BCUT2D eigenvalue weighted by molar-refractivity contribution is 6.16. The number of rotatable bonds is 0. The molecule has 19 heavy (non-hydrogen) atoms. The second-order valence-corrected chi connectivity index (χ2v) is 7.62. The lowest BCUT2D eigenvalue weighted by molar-refractivity contribution is -0.148. The van der Waals surface area contributed by atoms with Crippen LogP contribution in [0.4, 0.5) is 0 Å². The molecule has 0 N–H and O–H groups in total. The second-order valence-electron chi connectivity index (χ2n) is 7.62. The number of hydrogen-bond acceptors (Lipinski definition) is 2. The molecule has 0 aliphatic heterocycles. The molecule has 100 valence electrons. The highest BCUT2D eigenvalue weighted by atomic mass is 16.2. The summed E-state index contributed by atoms with van der Waals surface area (Å²) in [6.07, 6.45) is 11.2. The van der Waals surface area contributed by atoms with Gasteiger partial charge in [0, 0.05) is 11.8 Å². The first kappa shape index (κ1) is 10.8. The van der Waals surface area contributed by atoms with Gasteiger partial charge in [0.15, 0.2) is 11.6 Å². The van der Waals surface area contributed by atoms with Crippen LogP contribution in [0.25, 0.3) is 0 Å². The molecule has 1 spiro atoms. The summed E-state index contributed by atoms with van der Waals surface area (Å²) in [6.45, 7) is 0. The first-order valence-electron chi connectivity index (χ1n) is 7.99. The van der Waals surface area contributed by atoms with Gasteiger partial charge in [0.2, 0.25) is 0 Å². The van der Waals surface area contributed by atoms with Gasteiger partial charge in [0.1, 0.15) is 0 Å². The maximum Gasteiger partial charge on any atom is 0.151 e. The molecule has 0 aromatic heterocycles. The van der Waals surface area contributed by atoms with E-state index in [1.54, 1.807) is 0 Å². The quantitative estimate of drug-likeness (QED) is 0.493. The molecule has 0 aromatic carbocycles. The van der Waals surface area contributed by atoms with Gasteiger partial charge in [-0.25, -0.2) is 0 Å². The van der Waals surface area contributed by atoms with Crippen molar-refractivity contribution < 1.29 is 9.59 Å². The molecule has 4 bridgehead atoms. The predicted molar refractivity (Wildman–Crippen MR) is 70.2 cm³/mol. The SMILES string of the molecule is O=C1[C@@H]2[C@H](C(=O)C13CC1CCC3CC1)[C@H]1C=C[C@@H]2C1. The van der Waals surface area contributed by atoms with Crippen LogP contribution in [0, 0.1) is 40.9 Å². The molecule has 0 heterocycles. The van der Waals surface area contributed by atoms with Crippen molar-refractivity contribution in [2.24, 2.45) is 40.9 Å². The molecule has 5 fully saturated rings. The fourth-order valence-corrected chi connectivity index (χ4v) is 6.34. The van der Waals surface area contributed by atoms with Gasteiger partial charge in [-0.3, -0.25) is 9.59 Å².